The molecule has 0 unspecified atom stereocenters. The molecule has 7 atom stereocenters. The highest BCUT2D eigenvalue weighted by molar-refractivity contribution is 7.91. The summed E-state index contributed by atoms with van der Waals surface area (Å²) in [5.41, 5.74) is -2.53. The third-order valence-corrected chi connectivity index (χ3v) is 14.1. The lowest BCUT2D eigenvalue weighted by molar-refractivity contribution is -0.146. The molecule has 55 heavy (non-hydrogen) atoms. The van der Waals surface area contributed by atoms with Crippen molar-refractivity contribution in [1.82, 2.24) is 24.8 Å². The van der Waals surface area contributed by atoms with Crippen LogP contribution in [0.25, 0.3) is 10.8 Å². The van der Waals surface area contributed by atoms with Gasteiger partial charge in [-0.3, -0.25) is 24.0 Å². The van der Waals surface area contributed by atoms with Crippen LogP contribution in [-0.4, -0.2) is 99.8 Å². The minimum Gasteiger partial charge on any atom is -0.481 e. The number of allylic oxidation sites excluding steroid dienone is 1. The van der Waals surface area contributed by atoms with Crippen molar-refractivity contribution in [3.8, 4) is 11.8 Å². The molecule has 4 aliphatic rings. The van der Waals surface area contributed by atoms with E-state index in [1.165, 1.54) is 16.9 Å². The Labute approximate surface area is 323 Å². The number of carbonyl (C=O) groups is 4. The van der Waals surface area contributed by atoms with Crippen molar-refractivity contribution in [3.63, 3.8) is 0 Å². The zero-order valence-corrected chi connectivity index (χ0v) is 33.6. The quantitative estimate of drug-likeness (QED) is 0.308. The molecule has 0 bridgehead atoms. The molecule has 0 radical (unpaired) electrons. The SMILES string of the molecule is CC[C@@H]1C[C@H](C)CC/C=C\[C@@H]2C[C@@]2(C(=O)NS(=O)(=O)C2(C)CC2)NC(=O)[C@@H]2C[C@@H](Oc3nc(OC)cc4ccccc34)CN2C(=O)[C@H]1N(C(=O)O)C(C)(C)C. The summed E-state index contributed by atoms with van der Waals surface area (Å²) in [5.74, 6) is -2.18. The van der Waals surface area contributed by atoms with E-state index in [-0.39, 0.29) is 37.1 Å². The zero-order valence-electron chi connectivity index (χ0n) is 32.8. The van der Waals surface area contributed by atoms with Crippen molar-refractivity contribution < 1.29 is 42.2 Å². The van der Waals surface area contributed by atoms with Gasteiger partial charge in [-0.15, -0.1) is 0 Å². The first-order valence-corrected chi connectivity index (χ1v) is 20.8. The van der Waals surface area contributed by atoms with Crippen molar-refractivity contribution in [1.29, 1.82) is 0 Å². The maximum atomic E-state index is 15.2. The summed E-state index contributed by atoms with van der Waals surface area (Å²) >= 11 is 0. The summed E-state index contributed by atoms with van der Waals surface area (Å²) in [4.78, 5) is 64.0. The van der Waals surface area contributed by atoms with Crippen LogP contribution < -0.4 is 19.5 Å². The van der Waals surface area contributed by atoms with E-state index in [1.54, 1.807) is 33.8 Å². The number of hydrogen-bond acceptors (Lipinski definition) is 9. The number of carbonyl (C=O) groups excluding carboxylic acids is 3. The summed E-state index contributed by atoms with van der Waals surface area (Å²) in [5, 5.41) is 15.1. The standard InChI is InChI=1S/C40H55N5O9S/c1-8-25-19-24(2)13-9-11-15-27-22-40(27,36(48)43-55(51,52)39(6)17-18-39)42-33(46)30-21-28(23-44(30)35(47)32(25)45(37(49)50)38(3,4)5)54-34-29-16-12-10-14-26(29)20-31(41-34)53-7/h10-12,14-16,20,24-25,27-28,30,32H,8-9,13,17-19,21-23H2,1-7H3,(H,42,46)(H,43,48)(H,49,50)/b15-11-/t24-,25-,27-,28-,30+,32+,40-/m1/s1. The average Bonchev–Trinajstić information content (AvgIpc) is 4.00. The van der Waals surface area contributed by atoms with Crippen molar-refractivity contribution in [2.24, 2.45) is 17.8 Å². The topological polar surface area (TPSA) is 185 Å². The van der Waals surface area contributed by atoms with Crippen LogP contribution in [0.1, 0.15) is 92.9 Å². The molecule has 6 rings (SSSR count). The van der Waals surface area contributed by atoms with Gasteiger partial charge in [0.25, 0.3) is 5.91 Å². The number of rotatable bonds is 8. The minimum atomic E-state index is -4.02. The number of hydrogen-bond donors (Lipinski definition) is 3. The molecule has 14 nitrogen and oxygen atoms in total. The first-order chi connectivity index (χ1) is 25.8. The second kappa shape index (κ2) is 14.9. The molecule has 0 spiro atoms. The molecule has 4 amide bonds. The molecule has 2 saturated carbocycles. The molecule has 300 valence electrons. The number of benzene rings is 1. The van der Waals surface area contributed by atoms with Gasteiger partial charge >= 0.3 is 6.09 Å². The van der Waals surface area contributed by atoms with E-state index in [0.717, 1.165) is 11.8 Å². The second-order valence-corrected chi connectivity index (χ2v) is 19.3. The Morgan fingerprint density at radius 1 is 1.16 bits per heavy atom. The van der Waals surface area contributed by atoms with Crippen LogP contribution >= 0.6 is 0 Å². The van der Waals surface area contributed by atoms with Gasteiger partial charge in [0, 0.05) is 29.3 Å². The van der Waals surface area contributed by atoms with E-state index >= 15 is 4.79 Å². The van der Waals surface area contributed by atoms with E-state index in [9.17, 15) is 27.9 Å². The zero-order chi connectivity index (χ0) is 40.1. The van der Waals surface area contributed by atoms with Crippen LogP contribution in [0.5, 0.6) is 11.8 Å². The van der Waals surface area contributed by atoms with Crippen molar-refractivity contribution in [3.05, 3.63) is 42.5 Å². The number of ether oxygens (including phenoxy) is 2. The van der Waals surface area contributed by atoms with Crippen LogP contribution in [0.4, 0.5) is 4.79 Å². The summed E-state index contributed by atoms with van der Waals surface area (Å²) in [6.07, 6.45) is 5.32. The summed E-state index contributed by atoms with van der Waals surface area (Å²) in [7, 11) is -2.52. The van der Waals surface area contributed by atoms with Crippen LogP contribution in [0.2, 0.25) is 0 Å². The summed E-state index contributed by atoms with van der Waals surface area (Å²) in [6.45, 7) is 10.8. The average molecular weight is 782 g/mol. The van der Waals surface area contributed by atoms with Gasteiger partial charge in [-0.1, -0.05) is 50.6 Å². The molecule has 15 heteroatoms. The third kappa shape index (κ3) is 7.99. The fraction of sp³-hybridized carbons (Fsp3) is 0.625. The molecule has 3 fully saturated rings. The van der Waals surface area contributed by atoms with Crippen LogP contribution in [0.15, 0.2) is 42.5 Å². The highest BCUT2D eigenvalue weighted by atomic mass is 32.2. The molecule has 2 aliphatic heterocycles. The summed E-state index contributed by atoms with van der Waals surface area (Å²) in [6, 6.07) is 6.91. The monoisotopic (exact) mass is 781 g/mol. The third-order valence-electron chi connectivity index (χ3n) is 11.9. The van der Waals surface area contributed by atoms with E-state index in [0.29, 0.717) is 43.4 Å². The second-order valence-electron chi connectivity index (χ2n) is 17.1. The molecule has 2 aromatic rings. The van der Waals surface area contributed by atoms with E-state index in [1.807, 2.05) is 43.3 Å². The molecule has 1 aromatic heterocycles. The Kier molecular flexibility index (Phi) is 10.9. The molecule has 2 aliphatic carbocycles. The van der Waals surface area contributed by atoms with Crippen molar-refractivity contribution in [2.75, 3.05) is 13.7 Å². The van der Waals surface area contributed by atoms with E-state index in [2.05, 4.69) is 21.9 Å². The minimum absolute atomic E-state index is 0.00185. The van der Waals surface area contributed by atoms with Gasteiger partial charge in [0.05, 0.1) is 18.4 Å². The number of nitrogens with zero attached hydrogens (tertiary/aromatic N) is 3. The van der Waals surface area contributed by atoms with Crippen molar-refractivity contribution >= 4 is 44.6 Å². The largest absolute Gasteiger partial charge is 0.481 e. The molecule has 3 heterocycles. The van der Waals surface area contributed by atoms with E-state index in [4.69, 9.17) is 9.47 Å². The Morgan fingerprint density at radius 2 is 1.87 bits per heavy atom. The summed E-state index contributed by atoms with van der Waals surface area (Å²) < 4.78 is 39.6. The fourth-order valence-electron chi connectivity index (χ4n) is 8.25. The Morgan fingerprint density at radius 3 is 2.51 bits per heavy atom. The van der Waals surface area contributed by atoms with Gasteiger partial charge in [-0.25, -0.2) is 13.2 Å². The van der Waals surface area contributed by atoms with Gasteiger partial charge in [-0.05, 0) is 89.5 Å². The number of carboxylic acid groups (broad SMARTS) is 1. The maximum Gasteiger partial charge on any atom is 0.408 e. The maximum absolute atomic E-state index is 15.2. The number of sulfonamides is 1. The van der Waals surface area contributed by atoms with E-state index < -0.39 is 73.8 Å². The number of nitrogens with one attached hydrogen (secondary N) is 2. The lowest BCUT2D eigenvalue weighted by atomic mass is 9.82. The lowest BCUT2D eigenvalue weighted by Gasteiger charge is -2.44. The van der Waals surface area contributed by atoms with Crippen LogP contribution in [0, 0.1) is 17.8 Å². The van der Waals surface area contributed by atoms with Gasteiger partial charge in [0.2, 0.25) is 33.6 Å². The molecular weight excluding hydrogens is 727 g/mol. The number of fused-ring (bicyclic) bond motifs is 3. The highest BCUT2D eigenvalue weighted by Gasteiger charge is 2.63. The number of amides is 4. The first kappa shape index (κ1) is 40.3. The molecule has 3 N–H and O–H groups in total. The Bertz CT molecular complexity index is 1980. The highest BCUT2D eigenvalue weighted by Crippen LogP contribution is 2.48. The predicted molar refractivity (Wildman–Crippen MR) is 206 cm³/mol. The molecule has 1 saturated heterocycles. The van der Waals surface area contributed by atoms with Crippen LogP contribution in [0.3, 0.4) is 0 Å². The normalized spacial score (nSPS) is 30.1. The number of pyridine rings is 1. The molecule has 1 aromatic carbocycles. The molecular formula is C40H55N5O9S. The van der Waals surface area contributed by atoms with Crippen LogP contribution in [-0.2, 0) is 24.4 Å². The van der Waals surface area contributed by atoms with Gasteiger partial charge in [0.15, 0.2) is 0 Å². The lowest BCUT2D eigenvalue weighted by Crippen LogP contribution is -2.62. The number of methoxy groups -OCH3 is 1. The Hall–Kier alpha value is -4.40. The number of aromatic nitrogens is 1. The predicted octanol–water partition coefficient (Wildman–Crippen LogP) is 5.01. The van der Waals surface area contributed by atoms with Gasteiger partial charge < -0.3 is 24.8 Å². The fourth-order valence-corrected chi connectivity index (χ4v) is 9.56. The Balaban J connectivity index is 1.42. The van der Waals surface area contributed by atoms with Crippen molar-refractivity contribution in [2.45, 2.75) is 127 Å². The first-order valence-electron chi connectivity index (χ1n) is 19.3. The van der Waals surface area contributed by atoms with Gasteiger partial charge in [0.1, 0.15) is 23.7 Å². The van der Waals surface area contributed by atoms with Gasteiger partial charge in [-0.2, -0.15) is 4.98 Å². The smallest absolute Gasteiger partial charge is 0.408 e.